The Kier molecular flexibility index (Phi) is 3.74. The van der Waals surface area contributed by atoms with Gasteiger partial charge in [-0.25, -0.2) is 4.98 Å². The Morgan fingerprint density at radius 1 is 1.20 bits per heavy atom. The molecule has 3 heterocycles. The number of fused-ring (bicyclic) bond motifs is 1. The molecule has 0 spiro atoms. The van der Waals surface area contributed by atoms with E-state index in [0.29, 0.717) is 0 Å². The minimum atomic E-state index is 0.831. The van der Waals surface area contributed by atoms with Gasteiger partial charge in [0.05, 0.1) is 11.4 Å². The lowest BCUT2D eigenvalue weighted by atomic mass is 10.2. The van der Waals surface area contributed by atoms with Crippen LogP contribution in [-0.4, -0.2) is 20.9 Å². The van der Waals surface area contributed by atoms with Crippen molar-refractivity contribution in [1.82, 2.24) is 19.7 Å². The van der Waals surface area contributed by atoms with Gasteiger partial charge < -0.3 is 9.72 Å². The summed E-state index contributed by atoms with van der Waals surface area (Å²) in [6.45, 7) is 3.83. The summed E-state index contributed by atoms with van der Waals surface area (Å²) in [6.07, 6.45) is 6.77. The maximum Gasteiger partial charge on any atom is 0.137 e. The number of aryl methyl sites for hydroxylation is 1. The van der Waals surface area contributed by atoms with Crippen LogP contribution in [0.1, 0.15) is 17.0 Å². The van der Waals surface area contributed by atoms with Gasteiger partial charge in [0.15, 0.2) is 0 Å². The van der Waals surface area contributed by atoms with Crippen LogP contribution in [0, 0.1) is 6.92 Å². The topological polar surface area (TPSA) is 42.2 Å². The summed E-state index contributed by atoms with van der Waals surface area (Å²) in [6, 6.07) is 10.2. The van der Waals surface area contributed by atoms with Crippen LogP contribution in [0.5, 0.6) is 0 Å². The average molecular weight is 266 g/mol. The smallest absolute Gasteiger partial charge is 0.137 e. The molecule has 4 nitrogen and oxygen atoms in total. The summed E-state index contributed by atoms with van der Waals surface area (Å²) < 4.78 is 2.15. The third-order valence-corrected chi connectivity index (χ3v) is 3.43. The van der Waals surface area contributed by atoms with Crippen LogP contribution in [-0.2, 0) is 13.0 Å². The summed E-state index contributed by atoms with van der Waals surface area (Å²) in [5.74, 6) is 0. The second-order valence-corrected chi connectivity index (χ2v) is 4.86. The number of rotatable bonds is 5. The lowest BCUT2D eigenvalue weighted by Crippen LogP contribution is -2.18. The zero-order chi connectivity index (χ0) is 13.8. The number of aromatic nitrogens is 3. The molecule has 0 aliphatic heterocycles. The van der Waals surface area contributed by atoms with Gasteiger partial charge in [-0.05, 0) is 43.7 Å². The largest absolute Gasteiger partial charge is 0.311 e. The van der Waals surface area contributed by atoms with Crippen molar-refractivity contribution in [3.63, 3.8) is 0 Å². The van der Waals surface area contributed by atoms with Crippen molar-refractivity contribution in [1.29, 1.82) is 0 Å². The fraction of sp³-hybridized carbons (Fsp3) is 0.250. The Balaban J connectivity index is 1.61. The molecule has 0 saturated carbocycles. The molecule has 0 aliphatic carbocycles. The minimum Gasteiger partial charge on any atom is -0.311 e. The molecule has 0 fully saturated rings. The third kappa shape index (κ3) is 2.70. The summed E-state index contributed by atoms with van der Waals surface area (Å²) in [4.78, 5) is 8.69. The average Bonchev–Trinajstić information content (AvgIpc) is 2.80. The van der Waals surface area contributed by atoms with Crippen molar-refractivity contribution in [2.24, 2.45) is 0 Å². The summed E-state index contributed by atoms with van der Waals surface area (Å²) >= 11 is 0. The molecule has 0 saturated heterocycles. The molecule has 0 amide bonds. The molecule has 3 aromatic rings. The van der Waals surface area contributed by atoms with Crippen LogP contribution < -0.4 is 5.32 Å². The first-order valence-electron chi connectivity index (χ1n) is 6.87. The predicted octanol–water partition coefficient (Wildman–Crippen LogP) is 2.37. The van der Waals surface area contributed by atoms with E-state index in [2.05, 4.69) is 38.9 Å². The highest BCUT2D eigenvalue weighted by Gasteiger charge is 2.06. The number of pyridine rings is 2. The zero-order valence-electron chi connectivity index (χ0n) is 11.6. The first kappa shape index (κ1) is 12.8. The maximum atomic E-state index is 4.56. The number of nitrogens with one attached hydrogen (secondary N) is 1. The van der Waals surface area contributed by atoms with E-state index in [-0.39, 0.29) is 0 Å². The molecule has 0 aliphatic rings. The molecule has 20 heavy (non-hydrogen) atoms. The van der Waals surface area contributed by atoms with Gasteiger partial charge in [-0.1, -0.05) is 12.1 Å². The molecule has 1 N–H and O–H groups in total. The minimum absolute atomic E-state index is 0.831. The number of imidazole rings is 1. The lowest BCUT2D eigenvalue weighted by Gasteiger charge is -2.06. The Bertz CT molecular complexity index is 688. The van der Waals surface area contributed by atoms with Gasteiger partial charge >= 0.3 is 0 Å². The summed E-state index contributed by atoms with van der Waals surface area (Å²) in [5.41, 5.74) is 4.58. The Labute approximate surface area is 118 Å². The van der Waals surface area contributed by atoms with Gasteiger partial charge in [-0.2, -0.15) is 0 Å². The van der Waals surface area contributed by atoms with Crippen molar-refractivity contribution >= 4 is 5.65 Å². The second kappa shape index (κ2) is 5.84. The Morgan fingerprint density at radius 3 is 3.00 bits per heavy atom. The molecular weight excluding hydrogens is 248 g/mol. The van der Waals surface area contributed by atoms with Crippen molar-refractivity contribution in [2.45, 2.75) is 19.9 Å². The summed E-state index contributed by atoms with van der Waals surface area (Å²) in [7, 11) is 0. The first-order valence-corrected chi connectivity index (χ1v) is 6.87. The molecule has 0 radical (unpaired) electrons. The van der Waals surface area contributed by atoms with Crippen LogP contribution >= 0.6 is 0 Å². The van der Waals surface area contributed by atoms with Crippen LogP contribution in [0.3, 0.4) is 0 Å². The van der Waals surface area contributed by atoms with Gasteiger partial charge in [0.1, 0.15) is 5.65 Å². The fourth-order valence-corrected chi connectivity index (χ4v) is 2.36. The van der Waals surface area contributed by atoms with Crippen molar-refractivity contribution < 1.29 is 0 Å². The van der Waals surface area contributed by atoms with Crippen molar-refractivity contribution in [3.05, 3.63) is 65.9 Å². The molecule has 0 unspecified atom stereocenters. The van der Waals surface area contributed by atoms with Gasteiger partial charge in [-0.15, -0.1) is 0 Å². The highest BCUT2D eigenvalue weighted by Crippen LogP contribution is 2.11. The third-order valence-electron chi connectivity index (χ3n) is 3.43. The molecule has 0 bridgehead atoms. The number of hydrogen-bond acceptors (Lipinski definition) is 3. The zero-order valence-corrected chi connectivity index (χ0v) is 11.6. The van der Waals surface area contributed by atoms with E-state index in [1.807, 2.05) is 30.5 Å². The van der Waals surface area contributed by atoms with Crippen molar-refractivity contribution in [3.8, 4) is 0 Å². The van der Waals surface area contributed by atoms with Crippen LogP contribution in [0.15, 0.2) is 48.9 Å². The Hall–Kier alpha value is -2.20. The van der Waals surface area contributed by atoms with E-state index in [4.69, 9.17) is 0 Å². The quantitative estimate of drug-likeness (QED) is 0.721. The van der Waals surface area contributed by atoms with Gasteiger partial charge in [0, 0.05) is 25.1 Å². The van der Waals surface area contributed by atoms with E-state index in [0.717, 1.165) is 30.9 Å². The number of hydrogen-bond donors (Lipinski definition) is 1. The summed E-state index contributed by atoms with van der Waals surface area (Å²) in [5, 5.41) is 3.48. The maximum absolute atomic E-state index is 4.56. The van der Waals surface area contributed by atoms with Crippen LogP contribution in [0.4, 0.5) is 0 Å². The fourth-order valence-electron chi connectivity index (χ4n) is 2.36. The van der Waals surface area contributed by atoms with Crippen molar-refractivity contribution in [2.75, 3.05) is 6.54 Å². The van der Waals surface area contributed by atoms with Gasteiger partial charge in [0.2, 0.25) is 0 Å². The van der Waals surface area contributed by atoms with E-state index in [9.17, 15) is 0 Å². The monoisotopic (exact) mass is 266 g/mol. The standard InChI is InChI=1S/C16H18N4/c1-13-15(20-10-3-2-6-16(20)19-13)12-18-9-7-14-5-4-8-17-11-14/h2-6,8,10-11,18H,7,9,12H2,1H3. The Morgan fingerprint density at radius 2 is 2.15 bits per heavy atom. The molecule has 4 heteroatoms. The first-order chi connectivity index (χ1) is 9.84. The van der Waals surface area contributed by atoms with Gasteiger partial charge in [-0.3, -0.25) is 4.98 Å². The lowest BCUT2D eigenvalue weighted by molar-refractivity contribution is 0.667. The highest BCUT2D eigenvalue weighted by molar-refractivity contribution is 5.42. The molecule has 3 rings (SSSR count). The molecular formula is C16H18N4. The molecule has 0 atom stereocenters. The van der Waals surface area contributed by atoms with Crippen LogP contribution in [0.2, 0.25) is 0 Å². The van der Waals surface area contributed by atoms with E-state index in [1.165, 1.54) is 11.3 Å². The normalized spacial score (nSPS) is 11.1. The predicted molar refractivity (Wildman–Crippen MR) is 79.6 cm³/mol. The number of nitrogens with zero attached hydrogens (tertiary/aromatic N) is 3. The highest BCUT2D eigenvalue weighted by atomic mass is 15.0. The van der Waals surface area contributed by atoms with Gasteiger partial charge in [0.25, 0.3) is 0 Å². The van der Waals surface area contributed by atoms with E-state index in [1.54, 1.807) is 6.20 Å². The molecule has 0 aromatic carbocycles. The molecule has 3 aromatic heterocycles. The van der Waals surface area contributed by atoms with E-state index >= 15 is 0 Å². The molecule has 102 valence electrons. The second-order valence-electron chi connectivity index (χ2n) is 4.86. The van der Waals surface area contributed by atoms with Crippen LogP contribution in [0.25, 0.3) is 5.65 Å². The van der Waals surface area contributed by atoms with E-state index < -0.39 is 0 Å². The SMILES string of the molecule is Cc1nc2ccccn2c1CNCCc1cccnc1.